The van der Waals surface area contributed by atoms with Crippen LogP contribution in [0.2, 0.25) is 0 Å². The molecule has 3 heterocycles. The standard InChI is InChI=1S/C15H18N4O2/c1-11-7-13(21-18-11)8-15(20)19-6-2-3-12(9-19)14-4-5-16-10-17-14/h4-5,7,10,12H,2-3,6,8-9H2,1H3/t12-/m0/s1. The van der Waals surface area contributed by atoms with Crippen molar-refractivity contribution >= 4 is 5.91 Å². The second-order valence-electron chi connectivity index (χ2n) is 5.42. The molecule has 1 aliphatic heterocycles. The Morgan fingerprint density at radius 2 is 2.43 bits per heavy atom. The van der Waals surface area contributed by atoms with Gasteiger partial charge in [-0.05, 0) is 25.8 Å². The molecule has 0 aromatic carbocycles. The van der Waals surface area contributed by atoms with Crippen molar-refractivity contribution in [3.05, 3.63) is 41.8 Å². The summed E-state index contributed by atoms with van der Waals surface area (Å²) in [6.07, 6.45) is 5.64. The minimum Gasteiger partial charge on any atom is -0.361 e. The molecule has 0 saturated carbocycles. The number of piperidine rings is 1. The number of aryl methyl sites for hydroxylation is 1. The number of carbonyl (C=O) groups is 1. The number of rotatable bonds is 3. The van der Waals surface area contributed by atoms with Gasteiger partial charge in [0.1, 0.15) is 12.1 Å². The van der Waals surface area contributed by atoms with Gasteiger partial charge < -0.3 is 9.42 Å². The van der Waals surface area contributed by atoms with Crippen molar-refractivity contribution in [3.63, 3.8) is 0 Å². The van der Waals surface area contributed by atoms with Gasteiger partial charge in [-0.2, -0.15) is 0 Å². The van der Waals surface area contributed by atoms with Crippen LogP contribution in [0.3, 0.4) is 0 Å². The first-order valence-electron chi connectivity index (χ1n) is 7.18. The Bertz CT molecular complexity index is 611. The van der Waals surface area contributed by atoms with Crippen LogP contribution in [-0.4, -0.2) is 39.0 Å². The van der Waals surface area contributed by atoms with Gasteiger partial charge >= 0.3 is 0 Å². The van der Waals surface area contributed by atoms with Gasteiger partial charge in [0.2, 0.25) is 5.91 Å². The van der Waals surface area contributed by atoms with E-state index in [0.29, 0.717) is 18.2 Å². The van der Waals surface area contributed by atoms with Crippen LogP contribution in [0.5, 0.6) is 0 Å². The molecule has 6 heteroatoms. The SMILES string of the molecule is Cc1cc(CC(=O)N2CCC[C@H](c3ccncn3)C2)on1. The van der Waals surface area contributed by atoms with Crippen molar-refractivity contribution in [1.82, 2.24) is 20.0 Å². The van der Waals surface area contributed by atoms with Crippen LogP contribution in [0.25, 0.3) is 0 Å². The van der Waals surface area contributed by atoms with E-state index >= 15 is 0 Å². The maximum absolute atomic E-state index is 12.4. The molecule has 1 aliphatic rings. The predicted octanol–water partition coefficient (Wildman–Crippen LogP) is 1.72. The van der Waals surface area contributed by atoms with E-state index in [1.165, 1.54) is 0 Å². The first-order chi connectivity index (χ1) is 10.2. The van der Waals surface area contributed by atoms with E-state index < -0.39 is 0 Å². The molecule has 0 aliphatic carbocycles. The molecule has 1 fully saturated rings. The second-order valence-corrected chi connectivity index (χ2v) is 5.42. The van der Waals surface area contributed by atoms with Crippen molar-refractivity contribution < 1.29 is 9.32 Å². The number of likely N-dealkylation sites (tertiary alicyclic amines) is 1. The summed E-state index contributed by atoms with van der Waals surface area (Å²) in [6, 6.07) is 3.74. The average molecular weight is 286 g/mol. The van der Waals surface area contributed by atoms with Gasteiger partial charge in [0.15, 0.2) is 0 Å². The summed E-state index contributed by atoms with van der Waals surface area (Å²) in [5.41, 5.74) is 1.81. The number of carbonyl (C=O) groups excluding carboxylic acids is 1. The van der Waals surface area contributed by atoms with Gasteiger partial charge in [0.05, 0.1) is 12.1 Å². The van der Waals surface area contributed by atoms with Gasteiger partial charge in [-0.3, -0.25) is 4.79 Å². The smallest absolute Gasteiger partial charge is 0.230 e. The van der Waals surface area contributed by atoms with Crippen molar-refractivity contribution in [1.29, 1.82) is 0 Å². The third-order valence-corrected chi connectivity index (χ3v) is 3.80. The molecule has 21 heavy (non-hydrogen) atoms. The molecule has 1 saturated heterocycles. The molecule has 2 aromatic rings. The zero-order chi connectivity index (χ0) is 14.7. The summed E-state index contributed by atoms with van der Waals surface area (Å²) in [4.78, 5) is 22.5. The highest BCUT2D eigenvalue weighted by molar-refractivity contribution is 5.78. The molecule has 110 valence electrons. The Labute approximate surface area is 123 Å². The first-order valence-corrected chi connectivity index (χ1v) is 7.18. The third-order valence-electron chi connectivity index (χ3n) is 3.80. The zero-order valence-electron chi connectivity index (χ0n) is 12.0. The van der Waals surface area contributed by atoms with E-state index in [-0.39, 0.29) is 12.3 Å². The van der Waals surface area contributed by atoms with Crippen molar-refractivity contribution in [2.45, 2.75) is 32.1 Å². The van der Waals surface area contributed by atoms with Crippen LogP contribution < -0.4 is 0 Å². The highest BCUT2D eigenvalue weighted by Crippen LogP contribution is 2.25. The Kier molecular flexibility index (Phi) is 3.94. The lowest BCUT2D eigenvalue weighted by atomic mass is 9.94. The minimum absolute atomic E-state index is 0.0879. The lowest BCUT2D eigenvalue weighted by molar-refractivity contribution is -0.132. The van der Waals surface area contributed by atoms with Gasteiger partial charge in [-0.15, -0.1) is 0 Å². The highest BCUT2D eigenvalue weighted by Gasteiger charge is 2.26. The monoisotopic (exact) mass is 286 g/mol. The van der Waals surface area contributed by atoms with E-state index in [2.05, 4.69) is 15.1 Å². The van der Waals surface area contributed by atoms with Crippen molar-refractivity contribution in [2.75, 3.05) is 13.1 Å². The first kappa shape index (κ1) is 13.7. The summed E-state index contributed by atoms with van der Waals surface area (Å²) in [7, 11) is 0. The van der Waals surface area contributed by atoms with Crippen LogP contribution in [0.4, 0.5) is 0 Å². The number of aromatic nitrogens is 3. The Hall–Kier alpha value is -2.24. The second kappa shape index (κ2) is 6.03. The average Bonchev–Trinajstić information content (AvgIpc) is 2.93. The Morgan fingerprint density at radius 3 is 3.14 bits per heavy atom. The predicted molar refractivity (Wildman–Crippen MR) is 75.5 cm³/mol. The largest absolute Gasteiger partial charge is 0.361 e. The molecule has 6 nitrogen and oxygen atoms in total. The molecule has 3 rings (SSSR count). The molecule has 0 N–H and O–H groups in total. The van der Waals surface area contributed by atoms with Crippen LogP contribution in [-0.2, 0) is 11.2 Å². The van der Waals surface area contributed by atoms with E-state index in [0.717, 1.165) is 30.8 Å². The number of amides is 1. The van der Waals surface area contributed by atoms with Gasteiger partial charge in [0.25, 0.3) is 0 Å². The summed E-state index contributed by atoms with van der Waals surface area (Å²) >= 11 is 0. The lowest BCUT2D eigenvalue weighted by Crippen LogP contribution is -2.40. The van der Waals surface area contributed by atoms with Crippen molar-refractivity contribution in [3.8, 4) is 0 Å². The molecule has 1 atom stereocenters. The maximum Gasteiger partial charge on any atom is 0.230 e. The van der Waals surface area contributed by atoms with E-state index in [4.69, 9.17) is 4.52 Å². The summed E-state index contributed by atoms with van der Waals surface area (Å²) in [6.45, 7) is 3.36. The van der Waals surface area contributed by atoms with Crippen molar-refractivity contribution in [2.24, 2.45) is 0 Å². The lowest BCUT2D eigenvalue weighted by Gasteiger charge is -2.32. The van der Waals surface area contributed by atoms with Gasteiger partial charge in [0, 0.05) is 37.0 Å². The maximum atomic E-state index is 12.4. The van der Waals surface area contributed by atoms with Crippen LogP contribution in [0.15, 0.2) is 29.2 Å². The van der Waals surface area contributed by atoms with Crippen LogP contribution >= 0.6 is 0 Å². The zero-order valence-corrected chi connectivity index (χ0v) is 12.0. The van der Waals surface area contributed by atoms with Gasteiger partial charge in [-0.1, -0.05) is 5.16 Å². The topological polar surface area (TPSA) is 72.1 Å². The molecule has 0 bridgehead atoms. The quantitative estimate of drug-likeness (QED) is 0.859. The molecular weight excluding hydrogens is 268 g/mol. The molecule has 1 amide bonds. The molecule has 0 spiro atoms. The number of hydrogen-bond acceptors (Lipinski definition) is 5. The van der Waals surface area contributed by atoms with Crippen LogP contribution in [0, 0.1) is 6.92 Å². The normalized spacial score (nSPS) is 18.7. The molecular formula is C15H18N4O2. The molecule has 0 radical (unpaired) electrons. The van der Waals surface area contributed by atoms with Crippen LogP contribution in [0.1, 0.15) is 35.9 Å². The fraction of sp³-hybridized carbons (Fsp3) is 0.467. The fourth-order valence-electron chi connectivity index (χ4n) is 2.75. The summed E-state index contributed by atoms with van der Waals surface area (Å²) < 4.78 is 5.12. The summed E-state index contributed by atoms with van der Waals surface area (Å²) in [5.74, 6) is 1.01. The number of nitrogens with zero attached hydrogens (tertiary/aromatic N) is 4. The fourth-order valence-corrected chi connectivity index (χ4v) is 2.75. The number of hydrogen-bond donors (Lipinski definition) is 0. The van der Waals surface area contributed by atoms with Gasteiger partial charge in [-0.25, -0.2) is 9.97 Å². The third kappa shape index (κ3) is 3.26. The highest BCUT2D eigenvalue weighted by atomic mass is 16.5. The van der Waals surface area contributed by atoms with E-state index in [1.807, 2.05) is 24.0 Å². The van der Waals surface area contributed by atoms with E-state index in [9.17, 15) is 4.79 Å². The summed E-state index contributed by atoms with van der Waals surface area (Å²) in [5, 5.41) is 3.81. The molecule has 0 unspecified atom stereocenters. The molecule has 2 aromatic heterocycles. The van der Waals surface area contributed by atoms with E-state index in [1.54, 1.807) is 12.5 Å². The minimum atomic E-state index is 0.0879. The Balaban J connectivity index is 1.64. The Morgan fingerprint density at radius 1 is 1.52 bits per heavy atom.